The topological polar surface area (TPSA) is 34.1 Å². The molecule has 2 nitrogen and oxygen atoms in total. The SMILES string of the molecule is CC(C(=O)c1ccsc1)C(=O)C(C)(F)F. The van der Waals surface area contributed by atoms with Crippen molar-refractivity contribution in [3.63, 3.8) is 0 Å². The van der Waals surface area contributed by atoms with Crippen molar-refractivity contribution in [3.05, 3.63) is 22.4 Å². The van der Waals surface area contributed by atoms with Crippen molar-refractivity contribution >= 4 is 22.9 Å². The summed E-state index contributed by atoms with van der Waals surface area (Å²) in [5.41, 5.74) is 0.310. The Morgan fingerprint density at radius 3 is 2.47 bits per heavy atom. The minimum absolute atomic E-state index is 0.310. The van der Waals surface area contributed by atoms with Gasteiger partial charge in [0.05, 0.1) is 5.92 Å². The third-order valence-corrected chi connectivity index (χ3v) is 2.71. The quantitative estimate of drug-likeness (QED) is 0.591. The molecule has 0 N–H and O–H groups in total. The molecule has 1 unspecified atom stereocenters. The van der Waals surface area contributed by atoms with Crippen molar-refractivity contribution in [2.24, 2.45) is 5.92 Å². The molecule has 15 heavy (non-hydrogen) atoms. The highest BCUT2D eigenvalue weighted by molar-refractivity contribution is 7.08. The summed E-state index contributed by atoms with van der Waals surface area (Å²) in [7, 11) is 0. The lowest BCUT2D eigenvalue weighted by Crippen LogP contribution is -2.34. The van der Waals surface area contributed by atoms with Crippen LogP contribution in [-0.4, -0.2) is 17.5 Å². The van der Waals surface area contributed by atoms with Crippen LogP contribution in [0, 0.1) is 5.92 Å². The number of thiophene rings is 1. The second-order valence-electron chi connectivity index (χ2n) is 3.35. The number of carbonyl (C=O) groups is 2. The number of carbonyl (C=O) groups excluding carboxylic acids is 2. The van der Waals surface area contributed by atoms with E-state index in [1.807, 2.05) is 0 Å². The Bertz CT molecular complexity index is 365. The lowest BCUT2D eigenvalue weighted by atomic mass is 9.94. The number of rotatable bonds is 4. The van der Waals surface area contributed by atoms with Gasteiger partial charge < -0.3 is 0 Å². The summed E-state index contributed by atoms with van der Waals surface area (Å²) in [5, 5.41) is 3.20. The molecule has 0 saturated carbocycles. The number of ketones is 2. The minimum Gasteiger partial charge on any atom is -0.293 e. The van der Waals surface area contributed by atoms with E-state index in [9.17, 15) is 18.4 Å². The number of alkyl halides is 2. The summed E-state index contributed by atoms with van der Waals surface area (Å²) in [4.78, 5) is 22.7. The molecule has 0 aliphatic heterocycles. The lowest BCUT2D eigenvalue weighted by Gasteiger charge is -2.13. The van der Waals surface area contributed by atoms with Gasteiger partial charge in [-0.25, -0.2) is 0 Å². The molecule has 0 fully saturated rings. The van der Waals surface area contributed by atoms with Crippen LogP contribution in [0.4, 0.5) is 8.78 Å². The fourth-order valence-corrected chi connectivity index (χ4v) is 1.80. The highest BCUT2D eigenvalue weighted by Crippen LogP contribution is 2.22. The molecule has 1 aromatic heterocycles. The van der Waals surface area contributed by atoms with E-state index < -0.39 is 23.4 Å². The molecule has 0 aromatic carbocycles. The maximum absolute atomic E-state index is 12.7. The van der Waals surface area contributed by atoms with E-state index in [0.717, 1.165) is 0 Å². The molecular formula is C10H10F2O2S. The van der Waals surface area contributed by atoms with Crippen LogP contribution in [0.2, 0.25) is 0 Å². The van der Waals surface area contributed by atoms with Crippen molar-refractivity contribution in [1.29, 1.82) is 0 Å². The Hall–Kier alpha value is -1.10. The average molecular weight is 232 g/mol. The first kappa shape index (κ1) is 12.0. The molecule has 1 rings (SSSR count). The zero-order valence-corrected chi connectivity index (χ0v) is 9.11. The Kier molecular flexibility index (Phi) is 3.34. The van der Waals surface area contributed by atoms with Crippen LogP contribution in [0.1, 0.15) is 24.2 Å². The van der Waals surface area contributed by atoms with Crippen molar-refractivity contribution in [3.8, 4) is 0 Å². The lowest BCUT2D eigenvalue weighted by molar-refractivity contribution is -0.142. The number of hydrogen-bond acceptors (Lipinski definition) is 3. The van der Waals surface area contributed by atoms with Gasteiger partial charge in [0.2, 0.25) is 5.78 Å². The van der Waals surface area contributed by atoms with Gasteiger partial charge >= 0.3 is 5.92 Å². The highest BCUT2D eigenvalue weighted by Gasteiger charge is 2.39. The predicted octanol–water partition coefficient (Wildman–Crippen LogP) is 2.79. The second-order valence-corrected chi connectivity index (χ2v) is 4.13. The van der Waals surface area contributed by atoms with Crippen LogP contribution in [0.5, 0.6) is 0 Å². The summed E-state index contributed by atoms with van der Waals surface area (Å²) in [6.07, 6.45) is 0. The third-order valence-electron chi connectivity index (χ3n) is 2.02. The fraction of sp³-hybridized carbons (Fsp3) is 0.400. The largest absolute Gasteiger partial charge is 0.303 e. The Balaban J connectivity index is 2.83. The average Bonchev–Trinajstić information content (AvgIpc) is 2.65. The molecule has 1 atom stereocenters. The maximum Gasteiger partial charge on any atom is 0.303 e. The minimum atomic E-state index is -3.45. The summed E-state index contributed by atoms with van der Waals surface area (Å²) >= 11 is 1.28. The molecule has 82 valence electrons. The highest BCUT2D eigenvalue weighted by atomic mass is 32.1. The van der Waals surface area contributed by atoms with Gasteiger partial charge in [-0.2, -0.15) is 20.1 Å². The first-order valence-electron chi connectivity index (χ1n) is 4.32. The number of halogens is 2. The van der Waals surface area contributed by atoms with Crippen LogP contribution < -0.4 is 0 Å². The van der Waals surface area contributed by atoms with Gasteiger partial charge in [0.15, 0.2) is 5.78 Å². The van der Waals surface area contributed by atoms with E-state index in [4.69, 9.17) is 0 Å². The predicted molar refractivity (Wildman–Crippen MR) is 53.4 cm³/mol. The van der Waals surface area contributed by atoms with Crippen LogP contribution >= 0.6 is 11.3 Å². The van der Waals surface area contributed by atoms with Crippen LogP contribution in [0.25, 0.3) is 0 Å². The zero-order chi connectivity index (χ0) is 11.6. The first-order chi connectivity index (χ1) is 6.84. The van der Waals surface area contributed by atoms with Gasteiger partial charge in [-0.1, -0.05) is 0 Å². The zero-order valence-electron chi connectivity index (χ0n) is 8.29. The molecule has 0 aliphatic rings. The van der Waals surface area contributed by atoms with Crippen LogP contribution in [0.15, 0.2) is 16.8 Å². The van der Waals surface area contributed by atoms with E-state index >= 15 is 0 Å². The number of Topliss-reactive ketones (excluding diaryl/α,β-unsaturated/α-hetero) is 2. The molecule has 5 heteroatoms. The van der Waals surface area contributed by atoms with Gasteiger partial charge in [-0.3, -0.25) is 9.59 Å². The number of hydrogen-bond donors (Lipinski definition) is 0. The standard InChI is InChI=1S/C10H10F2O2S/c1-6(9(14)10(2,11)12)8(13)7-3-4-15-5-7/h3-6H,1-2H3. The maximum atomic E-state index is 12.7. The molecule has 0 bridgehead atoms. The fourth-order valence-electron chi connectivity index (χ4n) is 1.15. The summed E-state index contributed by atoms with van der Waals surface area (Å²) in [6, 6.07) is 1.52. The van der Waals surface area contributed by atoms with Gasteiger partial charge in [-0.05, 0) is 18.4 Å². The smallest absolute Gasteiger partial charge is 0.293 e. The second kappa shape index (κ2) is 4.18. The van der Waals surface area contributed by atoms with E-state index in [0.29, 0.717) is 12.5 Å². The van der Waals surface area contributed by atoms with Crippen molar-refractivity contribution in [2.45, 2.75) is 19.8 Å². The monoisotopic (exact) mass is 232 g/mol. The van der Waals surface area contributed by atoms with Crippen molar-refractivity contribution in [2.75, 3.05) is 0 Å². The normalized spacial score (nSPS) is 13.6. The van der Waals surface area contributed by atoms with Gasteiger partial charge in [0.25, 0.3) is 0 Å². The third kappa shape index (κ3) is 2.68. The Labute approximate surface area is 89.9 Å². The van der Waals surface area contributed by atoms with E-state index in [-0.39, 0.29) is 0 Å². The molecule has 0 amide bonds. The summed E-state index contributed by atoms with van der Waals surface area (Å²) in [6.45, 7) is 1.71. The van der Waals surface area contributed by atoms with Crippen molar-refractivity contribution in [1.82, 2.24) is 0 Å². The molecule has 1 aromatic rings. The summed E-state index contributed by atoms with van der Waals surface area (Å²) < 4.78 is 25.3. The van der Waals surface area contributed by atoms with Crippen LogP contribution in [0.3, 0.4) is 0 Å². The Morgan fingerprint density at radius 1 is 1.47 bits per heavy atom. The molecule has 1 heterocycles. The summed E-state index contributed by atoms with van der Waals surface area (Å²) in [5.74, 6) is -6.63. The van der Waals surface area contributed by atoms with Crippen molar-refractivity contribution < 1.29 is 18.4 Å². The molecule has 0 spiro atoms. The van der Waals surface area contributed by atoms with Gasteiger partial charge in [0.1, 0.15) is 0 Å². The molecular weight excluding hydrogens is 222 g/mol. The molecule has 0 radical (unpaired) electrons. The van der Waals surface area contributed by atoms with E-state index in [2.05, 4.69) is 0 Å². The Morgan fingerprint density at radius 2 is 2.07 bits per heavy atom. The first-order valence-corrected chi connectivity index (χ1v) is 5.27. The van der Waals surface area contributed by atoms with E-state index in [1.54, 1.807) is 10.8 Å². The van der Waals surface area contributed by atoms with Crippen LogP contribution in [-0.2, 0) is 4.79 Å². The van der Waals surface area contributed by atoms with Gasteiger partial charge in [-0.15, -0.1) is 0 Å². The van der Waals surface area contributed by atoms with Gasteiger partial charge in [0, 0.05) is 17.9 Å². The molecule has 0 saturated heterocycles. The molecule has 0 aliphatic carbocycles. The van der Waals surface area contributed by atoms with E-state index in [1.165, 1.54) is 24.3 Å².